The predicted molar refractivity (Wildman–Crippen MR) is 110 cm³/mol. The molecule has 2 aliphatic rings. The molecule has 1 N–H and O–H groups in total. The molecule has 0 radical (unpaired) electrons. The van der Waals surface area contributed by atoms with Gasteiger partial charge in [-0.25, -0.2) is 8.42 Å². The molecule has 1 aromatic carbocycles. The summed E-state index contributed by atoms with van der Waals surface area (Å²) in [5, 5.41) is 2.84. The molecule has 2 aliphatic heterocycles. The number of amides is 2. The van der Waals surface area contributed by atoms with Crippen LogP contribution >= 0.6 is 11.6 Å². The topological polar surface area (TPSA) is 99.9 Å². The Morgan fingerprint density at radius 2 is 2.00 bits per heavy atom. The van der Waals surface area contributed by atoms with Crippen LogP contribution in [-0.4, -0.2) is 49.1 Å². The molecule has 0 unspecified atom stereocenters. The van der Waals surface area contributed by atoms with Crippen LogP contribution in [0.3, 0.4) is 0 Å². The normalized spacial score (nSPS) is 20.1. The Morgan fingerprint density at radius 3 is 2.70 bits per heavy atom. The summed E-state index contributed by atoms with van der Waals surface area (Å²) in [6.07, 6.45) is 3.27. The van der Waals surface area contributed by atoms with Gasteiger partial charge in [0.25, 0.3) is 0 Å². The van der Waals surface area contributed by atoms with Crippen LogP contribution < -0.4 is 5.32 Å². The van der Waals surface area contributed by atoms with Crippen molar-refractivity contribution in [3.8, 4) is 0 Å². The van der Waals surface area contributed by atoms with Gasteiger partial charge in [0, 0.05) is 31.7 Å². The fraction of sp³-hybridized carbons (Fsp3) is 0.400. The van der Waals surface area contributed by atoms with Gasteiger partial charge in [-0.05, 0) is 43.2 Å². The first-order valence-corrected chi connectivity index (χ1v) is 11.6. The zero-order chi connectivity index (χ0) is 21.3. The standard InChI is InChI=1S/C20H22ClN3O5S/c21-17-6-5-15(11-18(17)30(27,28)24-7-1-2-8-24)22-20(26)14-10-19(25)23(12-14)13-16-4-3-9-29-16/h3-6,9,11,14H,1-2,7-8,10,12-13H2,(H,22,26)/t14-/m1/s1. The Balaban J connectivity index is 1.45. The molecule has 2 fully saturated rings. The smallest absolute Gasteiger partial charge is 0.244 e. The molecule has 1 aromatic heterocycles. The molecular formula is C20H22ClN3O5S. The fourth-order valence-electron chi connectivity index (χ4n) is 3.78. The Bertz CT molecular complexity index is 1050. The Labute approximate surface area is 179 Å². The van der Waals surface area contributed by atoms with Crippen LogP contribution in [0.1, 0.15) is 25.0 Å². The second kappa shape index (κ2) is 8.41. The minimum Gasteiger partial charge on any atom is -0.467 e. The molecule has 1 atom stereocenters. The summed E-state index contributed by atoms with van der Waals surface area (Å²) in [4.78, 5) is 26.5. The number of benzene rings is 1. The zero-order valence-electron chi connectivity index (χ0n) is 16.2. The highest BCUT2D eigenvalue weighted by Gasteiger charge is 2.35. The number of nitrogens with zero attached hydrogens (tertiary/aromatic N) is 2. The maximum atomic E-state index is 12.9. The first-order chi connectivity index (χ1) is 14.3. The monoisotopic (exact) mass is 451 g/mol. The summed E-state index contributed by atoms with van der Waals surface area (Å²) >= 11 is 6.15. The molecule has 2 aromatic rings. The van der Waals surface area contributed by atoms with Gasteiger partial charge >= 0.3 is 0 Å². The highest BCUT2D eigenvalue weighted by molar-refractivity contribution is 7.89. The number of furan rings is 1. The van der Waals surface area contributed by atoms with Gasteiger partial charge in [-0.3, -0.25) is 9.59 Å². The average molecular weight is 452 g/mol. The molecule has 3 heterocycles. The number of rotatable bonds is 6. The Morgan fingerprint density at radius 1 is 1.23 bits per heavy atom. The van der Waals surface area contributed by atoms with Crippen molar-refractivity contribution in [3.05, 3.63) is 47.4 Å². The van der Waals surface area contributed by atoms with E-state index in [1.807, 2.05) is 0 Å². The van der Waals surface area contributed by atoms with Gasteiger partial charge in [-0.15, -0.1) is 0 Å². The molecule has 0 bridgehead atoms. The van der Waals surface area contributed by atoms with Gasteiger partial charge in [-0.2, -0.15) is 4.31 Å². The Hall–Kier alpha value is -2.36. The molecule has 160 valence electrons. The van der Waals surface area contributed by atoms with Crippen LogP contribution in [0.25, 0.3) is 0 Å². The number of hydrogen-bond acceptors (Lipinski definition) is 5. The number of sulfonamides is 1. The molecule has 10 heteroatoms. The lowest BCUT2D eigenvalue weighted by atomic mass is 10.1. The van der Waals surface area contributed by atoms with Crippen LogP contribution in [0.4, 0.5) is 5.69 Å². The second-order valence-electron chi connectivity index (χ2n) is 7.50. The van der Waals surface area contributed by atoms with Gasteiger partial charge < -0.3 is 14.6 Å². The molecule has 0 aliphatic carbocycles. The van der Waals surface area contributed by atoms with E-state index in [1.165, 1.54) is 22.7 Å². The molecule has 2 amide bonds. The van der Waals surface area contributed by atoms with E-state index in [4.69, 9.17) is 16.0 Å². The maximum Gasteiger partial charge on any atom is 0.244 e. The first-order valence-electron chi connectivity index (χ1n) is 9.75. The van der Waals surface area contributed by atoms with E-state index in [9.17, 15) is 18.0 Å². The molecular weight excluding hydrogens is 430 g/mol. The van der Waals surface area contributed by atoms with Gasteiger partial charge in [0.05, 0.1) is 23.7 Å². The van der Waals surface area contributed by atoms with Gasteiger partial charge in [0.2, 0.25) is 21.8 Å². The predicted octanol–water partition coefficient (Wildman–Crippen LogP) is 2.70. The van der Waals surface area contributed by atoms with E-state index in [1.54, 1.807) is 23.1 Å². The van der Waals surface area contributed by atoms with E-state index < -0.39 is 15.9 Å². The third kappa shape index (κ3) is 4.23. The highest BCUT2D eigenvalue weighted by Crippen LogP contribution is 2.30. The van der Waals surface area contributed by atoms with Crippen molar-refractivity contribution in [2.45, 2.75) is 30.7 Å². The number of hydrogen-bond donors (Lipinski definition) is 1. The van der Waals surface area contributed by atoms with Crippen molar-refractivity contribution in [3.63, 3.8) is 0 Å². The highest BCUT2D eigenvalue weighted by atomic mass is 35.5. The van der Waals surface area contributed by atoms with Crippen LogP contribution in [0, 0.1) is 5.92 Å². The summed E-state index contributed by atoms with van der Waals surface area (Å²) in [5.41, 5.74) is 0.333. The molecule has 0 spiro atoms. The summed E-state index contributed by atoms with van der Waals surface area (Å²) in [5.74, 6) is -0.335. The summed E-state index contributed by atoms with van der Waals surface area (Å²) in [7, 11) is -3.72. The lowest BCUT2D eigenvalue weighted by molar-refractivity contribution is -0.128. The van der Waals surface area contributed by atoms with E-state index in [0.29, 0.717) is 31.1 Å². The molecule has 30 heavy (non-hydrogen) atoms. The lowest BCUT2D eigenvalue weighted by Crippen LogP contribution is -2.29. The third-order valence-electron chi connectivity index (χ3n) is 5.39. The third-order valence-corrected chi connectivity index (χ3v) is 7.77. The number of likely N-dealkylation sites (tertiary alicyclic amines) is 1. The molecule has 2 saturated heterocycles. The van der Waals surface area contributed by atoms with E-state index >= 15 is 0 Å². The van der Waals surface area contributed by atoms with E-state index in [0.717, 1.165) is 12.8 Å². The minimum absolute atomic E-state index is 0.0224. The second-order valence-corrected chi connectivity index (χ2v) is 9.81. The van der Waals surface area contributed by atoms with Crippen molar-refractivity contribution < 1.29 is 22.4 Å². The van der Waals surface area contributed by atoms with Crippen molar-refractivity contribution in [1.82, 2.24) is 9.21 Å². The number of anilines is 1. The van der Waals surface area contributed by atoms with Gasteiger partial charge in [-0.1, -0.05) is 11.6 Å². The van der Waals surface area contributed by atoms with Crippen LogP contribution in [0.15, 0.2) is 45.9 Å². The van der Waals surface area contributed by atoms with Gasteiger partial charge in [0.15, 0.2) is 0 Å². The fourth-order valence-corrected chi connectivity index (χ4v) is 5.80. The lowest BCUT2D eigenvalue weighted by Gasteiger charge is -2.18. The minimum atomic E-state index is -3.72. The van der Waals surface area contributed by atoms with Gasteiger partial charge in [0.1, 0.15) is 10.7 Å². The largest absolute Gasteiger partial charge is 0.467 e. The van der Waals surface area contributed by atoms with E-state index in [2.05, 4.69) is 5.32 Å². The molecule has 0 saturated carbocycles. The average Bonchev–Trinajstić information content (AvgIpc) is 3.47. The molecule has 4 rings (SSSR count). The first kappa shape index (κ1) is 20.9. The summed E-state index contributed by atoms with van der Waals surface area (Å²) in [6.45, 7) is 1.52. The van der Waals surface area contributed by atoms with Crippen LogP contribution in [0.5, 0.6) is 0 Å². The summed E-state index contributed by atoms with van der Waals surface area (Å²) < 4.78 is 32.4. The SMILES string of the molecule is O=C(Nc1ccc(Cl)c(S(=O)(=O)N2CCCC2)c1)[C@@H]1CC(=O)N(Cc2ccco2)C1. The van der Waals surface area contributed by atoms with Crippen molar-refractivity contribution in [1.29, 1.82) is 0 Å². The van der Waals surface area contributed by atoms with Crippen LogP contribution in [-0.2, 0) is 26.2 Å². The maximum absolute atomic E-state index is 12.9. The number of halogens is 1. The molecule has 8 nitrogen and oxygen atoms in total. The van der Waals surface area contributed by atoms with Crippen molar-refractivity contribution in [2.24, 2.45) is 5.92 Å². The Kier molecular flexibility index (Phi) is 5.86. The quantitative estimate of drug-likeness (QED) is 0.727. The van der Waals surface area contributed by atoms with Crippen molar-refractivity contribution >= 4 is 39.1 Å². The zero-order valence-corrected chi connectivity index (χ0v) is 17.8. The number of carbonyl (C=O) groups excluding carboxylic acids is 2. The van der Waals surface area contributed by atoms with Crippen LogP contribution in [0.2, 0.25) is 5.02 Å². The number of carbonyl (C=O) groups is 2. The summed E-state index contributed by atoms with van der Waals surface area (Å²) in [6, 6.07) is 7.92. The van der Waals surface area contributed by atoms with Crippen molar-refractivity contribution in [2.75, 3.05) is 25.0 Å². The van der Waals surface area contributed by atoms with E-state index in [-0.39, 0.29) is 34.7 Å². The number of nitrogens with one attached hydrogen (secondary N) is 1.